The second-order valence-electron chi connectivity index (χ2n) is 12.1. The lowest BCUT2D eigenvalue weighted by Crippen LogP contribution is -2.33. The molecule has 3 aromatic heterocycles. The normalized spacial score (nSPS) is 18.5. The molecule has 6 rings (SSSR count). The molecule has 4 aromatic rings. The van der Waals surface area contributed by atoms with Gasteiger partial charge in [-0.2, -0.15) is 5.26 Å². The minimum absolute atomic E-state index is 0.0379. The molecule has 2 aliphatic rings. The number of ether oxygens (including phenoxy) is 2. The van der Waals surface area contributed by atoms with E-state index in [9.17, 15) is 10.1 Å². The van der Waals surface area contributed by atoms with E-state index in [1.165, 1.54) is 0 Å². The lowest BCUT2D eigenvalue weighted by molar-refractivity contribution is 0.0636. The molecule has 13 heteroatoms. The quantitative estimate of drug-likeness (QED) is 0.300. The van der Waals surface area contributed by atoms with E-state index in [0.29, 0.717) is 29.5 Å². The van der Waals surface area contributed by atoms with Gasteiger partial charge in [-0.15, -0.1) is 11.3 Å². The number of pyridine rings is 1. The van der Waals surface area contributed by atoms with Crippen LogP contribution in [0.5, 0.6) is 0 Å². The number of anilines is 2. The van der Waals surface area contributed by atoms with Crippen molar-refractivity contribution in [3.8, 4) is 17.3 Å². The van der Waals surface area contributed by atoms with Crippen LogP contribution >= 0.6 is 11.3 Å². The van der Waals surface area contributed by atoms with Gasteiger partial charge in [0, 0.05) is 41.2 Å². The lowest BCUT2D eigenvalue weighted by atomic mass is 9.94. The van der Waals surface area contributed by atoms with Gasteiger partial charge in [-0.25, -0.2) is 23.5 Å². The fourth-order valence-electron chi connectivity index (χ4n) is 5.80. The molecule has 43 heavy (non-hydrogen) atoms. The fourth-order valence-corrected chi connectivity index (χ4v) is 6.83. The molecule has 0 saturated carbocycles. The van der Waals surface area contributed by atoms with Gasteiger partial charge < -0.3 is 19.3 Å². The van der Waals surface area contributed by atoms with Crippen LogP contribution in [0.2, 0.25) is 0 Å². The number of fused-ring (bicyclic) bond motifs is 4. The van der Waals surface area contributed by atoms with Gasteiger partial charge in [-0.3, -0.25) is 10.3 Å². The van der Waals surface area contributed by atoms with E-state index in [2.05, 4.69) is 38.1 Å². The predicted molar refractivity (Wildman–Crippen MR) is 160 cm³/mol. The molecular formula is C30H31F2N7O3S. The number of halogens is 2. The zero-order chi connectivity index (χ0) is 30.8. The third kappa shape index (κ3) is 5.03. The zero-order valence-corrected chi connectivity index (χ0v) is 25.5. The standard InChI is InChI=1S/C30H31F2N7O3S/c1-14-7-15(38(5)6)11-39(14)28-35-9-17-18-12-41-13-19(18)21(23(32)24(17)36-28)25-22-16(8-33)27(37-29(40)42-30(2,3)4)43-26(22)20(31)10-34-25/h9-10,14-15H,7,11-13H2,1-6H3,(H,37,40). The number of hydrogen-bond acceptors (Lipinski definition) is 10. The SMILES string of the molecule is CC1CC(N(C)C)CN1c1ncc2c3c(c(-c4ncc(F)c5sc(NC(=O)OC(C)(C)C)c(C#N)c45)c(F)c2n1)COC3. The smallest absolute Gasteiger partial charge is 0.412 e. The van der Waals surface area contributed by atoms with Crippen molar-refractivity contribution in [3.63, 3.8) is 0 Å². The number of thiophene rings is 1. The van der Waals surface area contributed by atoms with E-state index in [1.807, 2.05) is 14.1 Å². The van der Waals surface area contributed by atoms with Gasteiger partial charge in [0.2, 0.25) is 5.95 Å². The molecule has 1 aromatic carbocycles. The second-order valence-corrected chi connectivity index (χ2v) is 13.2. The average molecular weight is 608 g/mol. The molecule has 1 saturated heterocycles. The molecule has 10 nitrogen and oxygen atoms in total. The summed E-state index contributed by atoms with van der Waals surface area (Å²) < 4.78 is 43.1. The number of aromatic nitrogens is 3. The highest BCUT2D eigenvalue weighted by atomic mass is 32.1. The molecule has 1 N–H and O–H groups in total. The molecule has 5 heterocycles. The van der Waals surface area contributed by atoms with Gasteiger partial charge >= 0.3 is 6.09 Å². The highest BCUT2D eigenvalue weighted by Crippen LogP contribution is 2.46. The second kappa shape index (κ2) is 10.6. The molecule has 0 aliphatic carbocycles. The Balaban J connectivity index is 1.54. The average Bonchev–Trinajstić information content (AvgIpc) is 3.66. The van der Waals surface area contributed by atoms with Crippen molar-refractivity contribution in [2.45, 2.75) is 65.0 Å². The molecule has 0 spiro atoms. The van der Waals surface area contributed by atoms with E-state index >= 15 is 8.78 Å². The summed E-state index contributed by atoms with van der Waals surface area (Å²) in [5, 5.41) is 13.4. The number of nitriles is 1. The Hall–Kier alpha value is -3.99. The van der Waals surface area contributed by atoms with Gasteiger partial charge in [-0.1, -0.05) is 0 Å². The van der Waals surface area contributed by atoms with E-state index in [-0.39, 0.29) is 56.7 Å². The van der Waals surface area contributed by atoms with E-state index in [1.54, 1.807) is 27.0 Å². The zero-order valence-electron chi connectivity index (χ0n) is 24.7. The van der Waals surface area contributed by atoms with Crippen molar-refractivity contribution < 1.29 is 23.0 Å². The molecule has 1 fully saturated rings. The minimum atomic E-state index is -0.798. The molecule has 0 radical (unpaired) electrons. The summed E-state index contributed by atoms with van der Waals surface area (Å²) in [7, 11) is 4.06. The lowest BCUT2D eigenvalue weighted by Gasteiger charge is -2.23. The van der Waals surface area contributed by atoms with Crippen LogP contribution in [-0.4, -0.2) is 64.3 Å². The van der Waals surface area contributed by atoms with Crippen molar-refractivity contribution in [1.82, 2.24) is 19.9 Å². The van der Waals surface area contributed by atoms with Gasteiger partial charge in [0.25, 0.3) is 0 Å². The summed E-state index contributed by atoms with van der Waals surface area (Å²) in [4.78, 5) is 30.4. The summed E-state index contributed by atoms with van der Waals surface area (Å²) in [6, 6.07) is 2.52. The van der Waals surface area contributed by atoms with Crippen LogP contribution in [0.25, 0.3) is 32.2 Å². The van der Waals surface area contributed by atoms with Crippen molar-refractivity contribution in [2.75, 3.05) is 30.9 Å². The monoisotopic (exact) mass is 607 g/mol. The Morgan fingerprint density at radius 3 is 2.65 bits per heavy atom. The maximum Gasteiger partial charge on any atom is 0.412 e. The van der Waals surface area contributed by atoms with Gasteiger partial charge in [0.1, 0.15) is 22.2 Å². The molecule has 2 atom stereocenters. The largest absolute Gasteiger partial charge is 0.444 e. The molecule has 0 bridgehead atoms. The van der Waals surface area contributed by atoms with Crippen LogP contribution in [0.3, 0.4) is 0 Å². The maximum atomic E-state index is 16.8. The molecule has 224 valence electrons. The molecule has 1 amide bonds. The first-order chi connectivity index (χ1) is 20.4. The summed E-state index contributed by atoms with van der Waals surface area (Å²) in [6.07, 6.45) is 2.76. The molecule has 2 unspecified atom stereocenters. The Bertz CT molecular complexity index is 1830. The van der Waals surface area contributed by atoms with Crippen LogP contribution in [0.15, 0.2) is 12.4 Å². The summed E-state index contributed by atoms with van der Waals surface area (Å²) in [6.45, 7) is 8.23. The summed E-state index contributed by atoms with van der Waals surface area (Å²) in [5.74, 6) is -0.937. The fraction of sp³-hybridized carbons (Fsp3) is 0.433. The highest BCUT2D eigenvalue weighted by Gasteiger charge is 2.34. The predicted octanol–water partition coefficient (Wildman–Crippen LogP) is 5.96. The van der Waals surface area contributed by atoms with Crippen LogP contribution in [0.1, 0.15) is 50.8 Å². The van der Waals surface area contributed by atoms with Crippen molar-refractivity contribution >= 4 is 49.4 Å². The highest BCUT2D eigenvalue weighted by molar-refractivity contribution is 7.23. The summed E-state index contributed by atoms with van der Waals surface area (Å²) in [5.41, 5.74) is 0.702. The van der Waals surface area contributed by atoms with Gasteiger partial charge in [-0.05, 0) is 59.3 Å². The van der Waals surface area contributed by atoms with E-state index in [0.717, 1.165) is 29.5 Å². The van der Waals surface area contributed by atoms with Crippen LogP contribution in [0.4, 0.5) is 24.5 Å². The van der Waals surface area contributed by atoms with Crippen LogP contribution < -0.4 is 10.2 Å². The molecular weight excluding hydrogens is 576 g/mol. The Kier molecular flexibility index (Phi) is 7.19. The van der Waals surface area contributed by atoms with Crippen molar-refractivity contribution in [3.05, 3.63) is 40.7 Å². The first kappa shape index (κ1) is 29.1. The Morgan fingerprint density at radius 2 is 1.98 bits per heavy atom. The summed E-state index contributed by atoms with van der Waals surface area (Å²) >= 11 is 0.864. The number of amides is 1. The minimum Gasteiger partial charge on any atom is -0.444 e. The number of carbonyl (C=O) groups is 1. The Morgan fingerprint density at radius 1 is 1.23 bits per heavy atom. The third-order valence-electron chi connectivity index (χ3n) is 7.86. The van der Waals surface area contributed by atoms with Crippen molar-refractivity contribution in [2.24, 2.45) is 0 Å². The molecule has 2 aliphatic heterocycles. The number of nitrogens with one attached hydrogen (secondary N) is 1. The number of benzene rings is 1. The number of likely N-dealkylation sites (N-methyl/N-ethyl adjacent to an activating group) is 1. The maximum absolute atomic E-state index is 16.8. The van der Waals surface area contributed by atoms with Crippen LogP contribution in [0, 0.1) is 23.0 Å². The van der Waals surface area contributed by atoms with E-state index in [4.69, 9.17) is 14.5 Å². The van der Waals surface area contributed by atoms with Gasteiger partial charge in [0.15, 0.2) is 11.6 Å². The first-order valence-electron chi connectivity index (χ1n) is 13.9. The van der Waals surface area contributed by atoms with Crippen LogP contribution in [-0.2, 0) is 22.7 Å². The third-order valence-corrected chi connectivity index (χ3v) is 8.97. The topological polar surface area (TPSA) is 116 Å². The van der Waals surface area contributed by atoms with Crippen molar-refractivity contribution in [1.29, 1.82) is 5.26 Å². The number of hydrogen-bond donors (Lipinski definition) is 1. The first-order valence-corrected chi connectivity index (χ1v) is 14.7. The number of carbonyl (C=O) groups excluding carboxylic acids is 1. The van der Waals surface area contributed by atoms with E-state index < -0.39 is 23.3 Å². The number of rotatable bonds is 4. The van der Waals surface area contributed by atoms with Gasteiger partial charge in [0.05, 0.1) is 35.4 Å². The Labute approximate surface area is 251 Å². The number of nitrogens with zero attached hydrogens (tertiary/aromatic N) is 6.